The van der Waals surface area contributed by atoms with Crippen LogP contribution in [-0.2, 0) is 10.0 Å². The topological polar surface area (TPSA) is 58.2 Å². The zero-order chi connectivity index (χ0) is 12.5. The van der Waals surface area contributed by atoms with Crippen molar-refractivity contribution in [3.8, 4) is 0 Å². The lowest BCUT2D eigenvalue weighted by atomic mass is 10.3. The Morgan fingerprint density at radius 2 is 2.24 bits per heavy atom. The van der Waals surface area contributed by atoms with Crippen LogP contribution in [0.15, 0.2) is 23.1 Å². The van der Waals surface area contributed by atoms with Crippen LogP contribution < -0.4 is 10.0 Å². The molecule has 1 unspecified atom stereocenters. The molecule has 0 aliphatic carbocycles. The van der Waals surface area contributed by atoms with E-state index in [1.54, 1.807) is 0 Å². The van der Waals surface area contributed by atoms with Gasteiger partial charge >= 0.3 is 0 Å². The van der Waals surface area contributed by atoms with Crippen LogP contribution in [0.4, 0.5) is 4.39 Å². The summed E-state index contributed by atoms with van der Waals surface area (Å²) in [5, 5.41) is 2.91. The van der Waals surface area contributed by atoms with Gasteiger partial charge in [0.05, 0.1) is 5.02 Å². The van der Waals surface area contributed by atoms with E-state index < -0.39 is 20.7 Å². The number of benzene rings is 1. The molecule has 1 aliphatic rings. The van der Waals surface area contributed by atoms with Crippen molar-refractivity contribution in [2.75, 3.05) is 13.1 Å². The van der Waals surface area contributed by atoms with Crippen molar-refractivity contribution < 1.29 is 12.8 Å². The van der Waals surface area contributed by atoms with Gasteiger partial charge in [-0.3, -0.25) is 0 Å². The summed E-state index contributed by atoms with van der Waals surface area (Å²) in [7, 11) is -3.90. The van der Waals surface area contributed by atoms with Crippen molar-refractivity contribution in [3.05, 3.63) is 29.0 Å². The summed E-state index contributed by atoms with van der Waals surface area (Å²) in [4.78, 5) is -0.478. The minimum Gasteiger partial charge on any atom is -0.315 e. The SMILES string of the molecule is O=S(=O)(NC1CCNC1)c1c(F)cccc1Cl. The molecular weight excluding hydrogens is 267 g/mol. The van der Waals surface area contributed by atoms with E-state index in [0.717, 1.165) is 12.6 Å². The number of rotatable bonds is 3. The Bertz CT molecular complexity index is 495. The third kappa shape index (κ3) is 2.77. The van der Waals surface area contributed by atoms with E-state index in [1.807, 2.05) is 0 Å². The first-order valence-electron chi connectivity index (χ1n) is 5.18. The molecule has 0 spiro atoms. The first-order valence-corrected chi connectivity index (χ1v) is 7.04. The summed E-state index contributed by atoms with van der Waals surface area (Å²) in [5.74, 6) is -0.837. The molecule has 1 saturated heterocycles. The van der Waals surface area contributed by atoms with Gasteiger partial charge in [-0.15, -0.1) is 0 Å². The third-order valence-corrected chi connectivity index (χ3v) is 4.59. The molecule has 2 rings (SSSR count). The Balaban J connectivity index is 2.31. The quantitative estimate of drug-likeness (QED) is 0.871. The lowest BCUT2D eigenvalue weighted by molar-refractivity contribution is 0.542. The van der Waals surface area contributed by atoms with E-state index in [4.69, 9.17) is 11.6 Å². The molecule has 17 heavy (non-hydrogen) atoms. The van der Waals surface area contributed by atoms with Gasteiger partial charge in [-0.1, -0.05) is 17.7 Å². The molecule has 4 nitrogen and oxygen atoms in total. The van der Waals surface area contributed by atoms with E-state index >= 15 is 0 Å². The average Bonchev–Trinajstić information content (AvgIpc) is 2.68. The van der Waals surface area contributed by atoms with Gasteiger partial charge in [0.1, 0.15) is 10.7 Å². The second-order valence-corrected chi connectivity index (χ2v) is 5.92. The van der Waals surface area contributed by atoms with Crippen molar-refractivity contribution in [1.82, 2.24) is 10.0 Å². The Morgan fingerprint density at radius 3 is 2.82 bits per heavy atom. The fourth-order valence-electron chi connectivity index (χ4n) is 1.77. The first-order chi connectivity index (χ1) is 8.00. The molecule has 1 atom stereocenters. The Labute approximate surface area is 104 Å². The highest BCUT2D eigenvalue weighted by molar-refractivity contribution is 7.89. The molecule has 1 aromatic carbocycles. The van der Waals surface area contributed by atoms with Gasteiger partial charge in [-0.05, 0) is 25.1 Å². The maximum absolute atomic E-state index is 13.5. The maximum atomic E-state index is 13.5. The minimum atomic E-state index is -3.90. The maximum Gasteiger partial charge on any atom is 0.245 e. The fourth-order valence-corrected chi connectivity index (χ4v) is 3.65. The van der Waals surface area contributed by atoms with Crippen LogP contribution in [0.1, 0.15) is 6.42 Å². The zero-order valence-electron chi connectivity index (χ0n) is 8.91. The van der Waals surface area contributed by atoms with Crippen LogP contribution in [0.2, 0.25) is 5.02 Å². The molecule has 0 bridgehead atoms. The van der Waals surface area contributed by atoms with Crippen LogP contribution >= 0.6 is 11.6 Å². The second-order valence-electron chi connectivity index (χ2n) is 3.86. The highest BCUT2D eigenvalue weighted by Gasteiger charge is 2.27. The van der Waals surface area contributed by atoms with Gasteiger partial charge in [-0.2, -0.15) is 0 Å². The van der Waals surface area contributed by atoms with Crippen molar-refractivity contribution in [1.29, 1.82) is 0 Å². The molecule has 94 valence electrons. The molecule has 0 amide bonds. The van der Waals surface area contributed by atoms with E-state index in [9.17, 15) is 12.8 Å². The van der Waals surface area contributed by atoms with Crippen LogP contribution in [-0.4, -0.2) is 27.5 Å². The molecular formula is C10H12ClFN2O2S. The summed E-state index contributed by atoms with van der Waals surface area (Å²) in [5.41, 5.74) is 0. The molecule has 1 aromatic rings. The molecule has 0 aromatic heterocycles. The van der Waals surface area contributed by atoms with Crippen LogP contribution in [0.5, 0.6) is 0 Å². The van der Waals surface area contributed by atoms with E-state index in [-0.39, 0.29) is 11.1 Å². The molecule has 2 N–H and O–H groups in total. The van der Waals surface area contributed by atoms with Gasteiger partial charge in [0.2, 0.25) is 10.0 Å². The summed E-state index contributed by atoms with van der Waals surface area (Å²) in [6.07, 6.45) is 0.686. The molecule has 1 heterocycles. The number of sulfonamides is 1. The van der Waals surface area contributed by atoms with Crippen LogP contribution in [0.3, 0.4) is 0 Å². The largest absolute Gasteiger partial charge is 0.315 e. The van der Waals surface area contributed by atoms with Crippen molar-refractivity contribution >= 4 is 21.6 Å². The summed E-state index contributed by atoms with van der Waals surface area (Å²) in [6.45, 7) is 1.30. The van der Waals surface area contributed by atoms with Gasteiger partial charge in [-0.25, -0.2) is 17.5 Å². The van der Waals surface area contributed by atoms with Gasteiger partial charge in [0, 0.05) is 12.6 Å². The monoisotopic (exact) mass is 278 g/mol. The zero-order valence-corrected chi connectivity index (χ0v) is 10.5. The predicted octanol–water partition coefficient (Wildman–Crippen LogP) is 1.12. The van der Waals surface area contributed by atoms with E-state index in [1.165, 1.54) is 12.1 Å². The lowest BCUT2D eigenvalue weighted by Crippen LogP contribution is -2.36. The van der Waals surface area contributed by atoms with E-state index in [2.05, 4.69) is 10.0 Å². The average molecular weight is 279 g/mol. The van der Waals surface area contributed by atoms with Gasteiger partial charge < -0.3 is 5.32 Å². The number of halogens is 2. The molecule has 1 aliphatic heterocycles. The lowest BCUT2D eigenvalue weighted by Gasteiger charge is -2.13. The molecule has 0 saturated carbocycles. The van der Waals surface area contributed by atoms with Gasteiger partial charge in [0.25, 0.3) is 0 Å². The van der Waals surface area contributed by atoms with Gasteiger partial charge in [0.15, 0.2) is 0 Å². The number of hydrogen-bond donors (Lipinski definition) is 2. The summed E-state index contributed by atoms with van der Waals surface area (Å²) in [6, 6.07) is 3.59. The standard InChI is InChI=1S/C10H12ClFN2O2S/c11-8-2-1-3-9(12)10(8)17(15,16)14-7-4-5-13-6-7/h1-3,7,13-14H,4-6H2. The summed E-state index contributed by atoms with van der Waals surface area (Å²) < 4.78 is 39.9. The Hall–Kier alpha value is -0.690. The second kappa shape index (κ2) is 4.89. The summed E-state index contributed by atoms with van der Waals surface area (Å²) >= 11 is 5.72. The number of nitrogens with one attached hydrogen (secondary N) is 2. The van der Waals surface area contributed by atoms with Crippen LogP contribution in [0, 0.1) is 5.82 Å². The highest BCUT2D eigenvalue weighted by atomic mass is 35.5. The fraction of sp³-hybridized carbons (Fsp3) is 0.400. The highest BCUT2D eigenvalue weighted by Crippen LogP contribution is 2.24. The van der Waals surface area contributed by atoms with Crippen LogP contribution in [0.25, 0.3) is 0 Å². The molecule has 7 heteroatoms. The smallest absolute Gasteiger partial charge is 0.245 e. The predicted molar refractivity (Wildman–Crippen MR) is 63.0 cm³/mol. The first kappa shape index (κ1) is 12.8. The van der Waals surface area contributed by atoms with E-state index in [0.29, 0.717) is 13.0 Å². The van der Waals surface area contributed by atoms with Crippen molar-refractivity contribution in [3.63, 3.8) is 0 Å². The molecule has 0 radical (unpaired) electrons. The van der Waals surface area contributed by atoms with Crippen molar-refractivity contribution in [2.24, 2.45) is 0 Å². The normalized spacial score (nSPS) is 20.7. The Kier molecular flexibility index (Phi) is 3.67. The molecule has 1 fully saturated rings. The number of hydrogen-bond acceptors (Lipinski definition) is 3. The minimum absolute atomic E-state index is 0.108. The van der Waals surface area contributed by atoms with Crippen molar-refractivity contribution in [2.45, 2.75) is 17.4 Å². The third-order valence-electron chi connectivity index (χ3n) is 2.57. The Morgan fingerprint density at radius 1 is 1.47 bits per heavy atom.